The van der Waals surface area contributed by atoms with Crippen molar-refractivity contribution in [1.82, 2.24) is 14.0 Å². The van der Waals surface area contributed by atoms with E-state index in [9.17, 15) is 9.59 Å². The predicted octanol–water partition coefficient (Wildman–Crippen LogP) is -0.357. The molecule has 0 aromatic carbocycles. The Morgan fingerprint density at radius 1 is 1.30 bits per heavy atom. The van der Waals surface area contributed by atoms with Gasteiger partial charge in [-0.3, -0.25) is 18.8 Å². The van der Waals surface area contributed by atoms with Gasteiger partial charge in [-0.1, -0.05) is 13.3 Å². The van der Waals surface area contributed by atoms with Crippen molar-refractivity contribution < 1.29 is 0 Å². The van der Waals surface area contributed by atoms with Crippen LogP contribution in [0.3, 0.4) is 0 Å². The van der Waals surface area contributed by atoms with Crippen molar-refractivity contribution in [1.29, 1.82) is 0 Å². The van der Waals surface area contributed by atoms with Gasteiger partial charge in [0.05, 0.1) is 0 Å². The first-order valence-electron chi connectivity index (χ1n) is 7.18. The zero-order valence-corrected chi connectivity index (χ0v) is 12.5. The maximum absolute atomic E-state index is 11.9. The minimum absolute atomic E-state index is 0.246. The highest BCUT2D eigenvalue weighted by molar-refractivity contribution is 5.02. The molecular weight excluding hydrogens is 256 g/mol. The van der Waals surface area contributed by atoms with Crippen LogP contribution in [0.2, 0.25) is 0 Å². The minimum atomic E-state index is -0.270. The molecule has 1 aromatic heterocycles. The van der Waals surface area contributed by atoms with Crippen LogP contribution >= 0.6 is 0 Å². The lowest BCUT2D eigenvalue weighted by atomic mass is 9.90. The molecule has 2 N–H and O–H groups in total. The number of aromatic nitrogens is 2. The zero-order chi connectivity index (χ0) is 14.9. The van der Waals surface area contributed by atoms with E-state index in [4.69, 9.17) is 5.73 Å². The summed E-state index contributed by atoms with van der Waals surface area (Å²) in [4.78, 5) is 25.9. The number of piperidine rings is 1. The van der Waals surface area contributed by atoms with Gasteiger partial charge in [-0.15, -0.1) is 0 Å². The van der Waals surface area contributed by atoms with E-state index in [0.29, 0.717) is 12.5 Å². The van der Waals surface area contributed by atoms with Crippen LogP contribution < -0.4 is 17.0 Å². The number of hydrogen-bond acceptors (Lipinski definition) is 4. The first-order chi connectivity index (χ1) is 9.43. The Kier molecular flexibility index (Phi) is 4.45. The second-order valence-corrected chi connectivity index (χ2v) is 5.73. The highest BCUT2D eigenvalue weighted by Gasteiger charge is 2.25. The van der Waals surface area contributed by atoms with Gasteiger partial charge in [0.15, 0.2) is 0 Å². The molecule has 1 aliphatic heterocycles. The fourth-order valence-electron chi connectivity index (χ4n) is 2.86. The molecule has 0 amide bonds. The Morgan fingerprint density at radius 2 is 2.00 bits per heavy atom. The summed E-state index contributed by atoms with van der Waals surface area (Å²) in [6, 6.07) is 1.82. The molecule has 1 saturated heterocycles. The van der Waals surface area contributed by atoms with E-state index < -0.39 is 0 Å². The van der Waals surface area contributed by atoms with Crippen LogP contribution in [-0.4, -0.2) is 33.2 Å². The molecule has 6 heteroatoms. The summed E-state index contributed by atoms with van der Waals surface area (Å²) in [7, 11) is 3.21. The Morgan fingerprint density at radius 3 is 2.65 bits per heavy atom. The molecule has 1 fully saturated rings. The largest absolute Gasteiger partial charge is 0.330 e. The third kappa shape index (κ3) is 2.86. The zero-order valence-electron chi connectivity index (χ0n) is 12.5. The van der Waals surface area contributed by atoms with Crippen LogP contribution in [0.15, 0.2) is 15.7 Å². The highest BCUT2D eigenvalue weighted by Crippen LogP contribution is 2.19. The van der Waals surface area contributed by atoms with E-state index >= 15 is 0 Å². The molecule has 2 rings (SSSR count). The molecule has 0 saturated carbocycles. The van der Waals surface area contributed by atoms with Gasteiger partial charge in [0.2, 0.25) is 0 Å². The summed E-state index contributed by atoms with van der Waals surface area (Å²) in [6.45, 7) is 4.63. The van der Waals surface area contributed by atoms with Crippen LogP contribution in [0.4, 0.5) is 0 Å². The molecule has 1 aromatic rings. The van der Waals surface area contributed by atoms with Crippen LogP contribution in [0.5, 0.6) is 0 Å². The van der Waals surface area contributed by atoms with Crippen LogP contribution in [0, 0.1) is 5.92 Å². The number of hydrogen-bond donors (Lipinski definition) is 1. The maximum Gasteiger partial charge on any atom is 0.330 e. The number of likely N-dealkylation sites (tertiary alicyclic amines) is 1. The van der Waals surface area contributed by atoms with E-state index in [1.54, 1.807) is 17.7 Å². The van der Waals surface area contributed by atoms with Gasteiger partial charge in [0, 0.05) is 51.5 Å². The first-order valence-corrected chi connectivity index (χ1v) is 7.18. The van der Waals surface area contributed by atoms with Gasteiger partial charge in [0.25, 0.3) is 5.56 Å². The number of nitrogens with zero attached hydrogens (tertiary/aromatic N) is 3. The van der Waals surface area contributed by atoms with Gasteiger partial charge in [-0.25, -0.2) is 4.79 Å². The molecule has 0 aliphatic carbocycles. The summed E-state index contributed by atoms with van der Waals surface area (Å²) in [5.41, 5.74) is 6.36. The maximum atomic E-state index is 11.9. The molecule has 0 bridgehead atoms. The topological polar surface area (TPSA) is 73.3 Å². The second-order valence-electron chi connectivity index (χ2n) is 5.73. The minimum Gasteiger partial charge on any atom is -0.327 e. The van der Waals surface area contributed by atoms with Gasteiger partial charge in [0.1, 0.15) is 0 Å². The third-order valence-corrected chi connectivity index (χ3v) is 4.41. The van der Waals surface area contributed by atoms with Gasteiger partial charge < -0.3 is 5.73 Å². The van der Waals surface area contributed by atoms with Gasteiger partial charge in [-0.05, 0) is 12.3 Å². The van der Waals surface area contributed by atoms with Crippen molar-refractivity contribution in [2.45, 2.75) is 32.4 Å². The van der Waals surface area contributed by atoms with Gasteiger partial charge >= 0.3 is 5.69 Å². The second kappa shape index (κ2) is 5.93. The molecule has 2 unspecified atom stereocenters. The Balaban J connectivity index is 2.19. The van der Waals surface area contributed by atoms with Crippen molar-refractivity contribution in [2.24, 2.45) is 25.7 Å². The third-order valence-electron chi connectivity index (χ3n) is 4.41. The number of rotatable bonds is 3. The van der Waals surface area contributed by atoms with Gasteiger partial charge in [-0.2, -0.15) is 0 Å². The molecule has 0 spiro atoms. The summed E-state index contributed by atoms with van der Waals surface area (Å²) in [6.07, 6.45) is 2.03. The quantitative estimate of drug-likeness (QED) is 0.821. The summed E-state index contributed by atoms with van der Waals surface area (Å²) >= 11 is 0. The Hall–Kier alpha value is -1.40. The molecule has 1 aliphatic rings. The SMILES string of the molecule is CCC1CN(Cc2cc(=O)n(C)c(=O)n2C)CCC1N. The summed E-state index contributed by atoms with van der Waals surface area (Å²) < 4.78 is 2.68. The average molecular weight is 280 g/mol. The highest BCUT2D eigenvalue weighted by atomic mass is 16.2. The molecule has 20 heavy (non-hydrogen) atoms. The Labute approximate surface area is 118 Å². The molecular formula is C14H24N4O2. The van der Waals surface area contributed by atoms with Crippen molar-refractivity contribution in [3.05, 3.63) is 32.6 Å². The Bertz CT molecular complexity index is 590. The fourth-order valence-corrected chi connectivity index (χ4v) is 2.86. The molecule has 112 valence electrons. The van der Waals surface area contributed by atoms with E-state index in [-0.39, 0.29) is 17.3 Å². The fraction of sp³-hybridized carbons (Fsp3) is 0.714. The molecule has 2 atom stereocenters. The average Bonchev–Trinajstić information content (AvgIpc) is 2.44. The lowest BCUT2D eigenvalue weighted by Crippen LogP contribution is -2.47. The van der Waals surface area contributed by atoms with Crippen LogP contribution in [0.1, 0.15) is 25.5 Å². The van der Waals surface area contributed by atoms with Crippen molar-refractivity contribution in [3.8, 4) is 0 Å². The summed E-state index contributed by atoms with van der Waals surface area (Å²) in [5.74, 6) is 0.493. The van der Waals surface area contributed by atoms with E-state index in [2.05, 4.69) is 11.8 Å². The van der Waals surface area contributed by atoms with E-state index in [1.807, 2.05) is 0 Å². The predicted molar refractivity (Wildman–Crippen MR) is 78.6 cm³/mol. The van der Waals surface area contributed by atoms with Crippen LogP contribution in [0.25, 0.3) is 0 Å². The number of nitrogens with two attached hydrogens (primary N) is 1. The normalized spacial score (nSPS) is 24.0. The lowest BCUT2D eigenvalue weighted by Gasteiger charge is -2.36. The van der Waals surface area contributed by atoms with Crippen molar-refractivity contribution in [2.75, 3.05) is 13.1 Å². The summed E-state index contributed by atoms with van der Waals surface area (Å²) in [5, 5.41) is 0. The lowest BCUT2D eigenvalue weighted by molar-refractivity contribution is 0.142. The standard InChI is InChI=1S/C14H24N4O2/c1-4-10-8-18(6-5-12(10)15)9-11-7-13(19)17(3)14(20)16(11)2/h7,10,12H,4-6,8-9,15H2,1-3H3. The molecule has 6 nitrogen and oxygen atoms in total. The first kappa shape index (κ1) is 15.0. The molecule has 0 radical (unpaired) electrons. The van der Waals surface area contributed by atoms with Crippen molar-refractivity contribution >= 4 is 0 Å². The van der Waals surface area contributed by atoms with Crippen molar-refractivity contribution in [3.63, 3.8) is 0 Å². The van der Waals surface area contributed by atoms with Crippen LogP contribution in [-0.2, 0) is 20.6 Å². The van der Waals surface area contributed by atoms with E-state index in [0.717, 1.165) is 36.2 Å². The molecule has 2 heterocycles. The van der Waals surface area contributed by atoms with E-state index in [1.165, 1.54) is 7.05 Å². The monoisotopic (exact) mass is 280 g/mol. The smallest absolute Gasteiger partial charge is 0.327 e.